The summed E-state index contributed by atoms with van der Waals surface area (Å²) in [5, 5.41) is -0.222. The first-order valence-corrected chi connectivity index (χ1v) is 8.10. The van der Waals surface area contributed by atoms with Crippen LogP contribution in [0.3, 0.4) is 0 Å². The van der Waals surface area contributed by atoms with Gasteiger partial charge in [0.05, 0.1) is 5.25 Å². The van der Waals surface area contributed by atoms with Gasteiger partial charge in [0.25, 0.3) is 0 Å². The third-order valence-corrected chi connectivity index (χ3v) is 4.47. The van der Waals surface area contributed by atoms with Crippen molar-refractivity contribution in [3.8, 4) is 0 Å². The van der Waals surface area contributed by atoms with E-state index in [1.165, 1.54) is 4.90 Å². The fourth-order valence-electron chi connectivity index (χ4n) is 2.23. The number of hydrogen-bond donors (Lipinski definition) is 0. The summed E-state index contributed by atoms with van der Waals surface area (Å²) >= 11 is 1.57. The molecule has 0 aromatic carbocycles. The molecule has 0 bridgehead atoms. The van der Waals surface area contributed by atoms with Gasteiger partial charge in [0, 0.05) is 24.1 Å². The number of carbonyl (C=O) groups is 3. The molecule has 1 unspecified atom stereocenters. The third kappa shape index (κ3) is 5.65. The summed E-state index contributed by atoms with van der Waals surface area (Å²) in [4.78, 5) is 36.3. The average molecular weight is 299 g/mol. The first kappa shape index (κ1) is 17.2. The Kier molecular flexibility index (Phi) is 6.24. The fourth-order valence-corrected chi connectivity index (χ4v) is 3.53. The Morgan fingerprint density at radius 2 is 1.90 bits per heavy atom. The van der Waals surface area contributed by atoms with E-state index >= 15 is 0 Å². The Hall–Kier alpha value is -0.840. The number of ketones is 1. The van der Waals surface area contributed by atoms with E-state index < -0.39 is 0 Å². The van der Waals surface area contributed by atoms with Crippen LogP contribution in [0, 0.1) is 0 Å². The minimum atomic E-state index is -0.222. The van der Waals surface area contributed by atoms with Crippen molar-refractivity contribution in [2.75, 3.05) is 6.54 Å². The van der Waals surface area contributed by atoms with Crippen LogP contribution < -0.4 is 0 Å². The number of nitrogens with zero attached hydrogens (tertiary/aromatic N) is 1. The second-order valence-corrected chi connectivity index (χ2v) is 8.35. The van der Waals surface area contributed by atoms with Gasteiger partial charge in [-0.05, 0) is 19.8 Å². The minimum absolute atomic E-state index is 0.0158. The van der Waals surface area contributed by atoms with Crippen LogP contribution in [0.25, 0.3) is 0 Å². The lowest BCUT2D eigenvalue weighted by molar-refractivity contribution is -0.138. The zero-order valence-electron chi connectivity index (χ0n) is 12.9. The second-order valence-electron chi connectivity index (χ2n) is 6.32. The van der Waals surface area contributed by atoms with E-state index in [-0.39, 0.29) is 27.6 Å². The van der Waals surface area contributed by atoms with Crippen molar-refractivity contribution in [2.24, 2.45) is 0 Å². The highest BCUT2D eigenvalue weighted by atomic mass is 32.2. The van der Waals surface area contributed by atoms with Gasteiger partial charge >= 0.3 is 0 Å². The van der Waals surface area contributed by atoms with Crippen molar-refractivity contribution < 1.29 is 14.4 Å². The molecule has 1 aliphatic rings. The molecule has 0 saturated carbocycles. The highest BCUT2D eigenvalue weighted by Crippen LogP contribution is 2.34. The maximum atomic E-state index is 12.2. The smallest absolute Gasteiger partial charge is 0.242 e. The number of carbonyl (C=O) groups excluding carboxylic acids is 3. The molecule has 1 atom stereocenters. The summed E-state index contributed by atoms with van der Waals surface area (Å²) in [5.74, 6) is 0.102. The molecule has 4 nitrogen and oxygen atoms in total. The van der Waals surface area contributed by atoms with E-state index in [1.54, 1.807) is 18.7 Å². The van der Waals surface area contributed by atoms with Crippen molar-refractivity contribution in [3.05, 3.63) is 0 Å². The Labute approximate surface area is 125 Å². The predicted octanol–water partition coefficient (Wildman–Crippen LogP) is 2.80. The number of Topliss-reactive ketones (excluding diaryl/α,β-unsaturated/α-hetero) is 1. The van der Waals surface area contributed by atoms with Gasteiger partial charge in [-0.15, -0.1) is 11.8 Å². The topological polar surface area (TPSA) is 54.5 Å². The number of likely N-dealkylation sites (tertiary alicyclic amines) is 1. The van der Waals surface area contributed by atoms with Crippen LogP contribution in [0.15, 0.2) is 0 Å². The normalized spacial score (nSPS) is 19.8. The highest BCUT2D eigenvalue weighted by Gasteiger charge is 2.40. The quantitative estimate of drug-likeness (QED) is 0.536. The predicted molar refractivity (Wildman–Crippen MR) is 81.6 cm³/mol. The standard InChI is InChI=1S/C15H25NO3S/c1-11(17)8-6-5-7-9-16-13(18)10-12(14(16)19)20-15(2,3)4/h12H,5-10H2,1-4H3. The summed E-state index contributed by atoms with van der Waals surface area (Å²) in [6, 6.07) is 0. The van der Waals surface area contributed by atoms with E-state index in [0.717, 1.165) is 19.3 Å². The monoisotopic (exact) mass is 299 g/mol. The number of rotatable bonds is 7. The molecular weight excluding hydrogens is 274 g/mol. The molecule has 0 N–H and O–H groups in total. The zero-order chi connectivity index (χ0) is 15.3. The number of thioether (sulfide) groups is 1. The van der Waals surface area contributed by atoms with E-state index in [9.17, 15) is 14.4 Å². The summed E-state index contributed by atoms with van der Waals surface area (Å²) < 4.78 is -0.0158. The SMILES string of the molecule is CC(=O)CCCCCN1C(=O)CC(SC(C)(C)C)C1=O. The van der Waals surface area contributed by atoms with E-state index in [0.29, 0.717) is 19.4 Å². The van der Waals surface area contributed by atoms with Crippen LogP contribution in [0.1, 0.15) is 59.8 Å². The number of hydrogen-bond acceptors (Lipinski definition) is 4. The lowest BCUT2D eigenvalue weighted by atomic mass is 10.1. The summed E-state index contributed by atoms with van der Waals surface area (Å²) in [6.07, 6.45) is 3.43. The molecule has 0 aliphatic carbocycles. The second kappa shape index (κ2) is 7.25. The van der Waals surface area contributed by atoms with Crippen LogP contribution in [0.4, 0.5) is 0 Å². The van der Waals surface area contributed by atoms with Crippen molar-refractivity contribution >= 4 is 29.4 Å². The third-order valence-electron chi connectivity index (χ3n) is 3.11. The Morgan fingerprint density at radius 3 is 2.45 bits per heavy atom. The molecule has 1 saturated heterocycles. The van der Waals surface area contributed by atoms with Gasteiger partial charge in [0.15, 0.2) is 0 Å². The lowest BCUT2D eigenvalue weighted by Gasteiger charge is -2.21. The molecule has 1 heterocycles. The molecular formula is C15H25NO3S. The summed E-state index contributed by atoms with van der Waals surface area (Å²) in [7, 11) is 0. The molecule has 1 fully saturated rings. The Balaban J connectivity index is 2.37. The van der Waals surface area contributed by atoms with E-state index in [1.807, 2.05) is 0 Å². The molecule has 0 spiro atoms. The van der Waals surface area contributed by atoms with Crippen LogP contribution >= 0.6 is 11.8 Å². The van der Waals surface area contributed by atoms with Gasteiger partial charge in [-0.1, -0.05) is 27.2 Å². The van der Waals surface area contributed by atoms with E-state index in [4.69, 9.17) is 0 Å². The average Bonchev–Trinajstić information content (AvgIpc) is 2.53. The molecule has 1 aliphatic heterocycles. The van der Waals surface area contributed by atoms with Gasteiger partial charge in [-0.3, -0.25) is 14.5 Å². The zero-order valence-corrected chi connectivity index (χ0v) is 13.7. The molecule has 0 aromatic rings. The molecule has 5 heteroatoms. The first-order valence-electron chi connectivity index (χ1n) is 7.22. The number of unbranched alkanes of at least 4 members (excludes halogenated alkanes) is 2. The molecule has 114 valence electrons. The molecule has 0 radical (unpaired) electrons. The van der Waals surface area contributed by atoms with Gasteiger partial charge in [-0.25, -0.2) is 0 Å². The Morgan fingerprint density at radius 1 is 1.25 bits per heavy atom. The van der Waals surface area contributed by atoms with Crippen LogP contribution in [0.5, 0.6) is 0 Å². The molecule has 20 heavy (non-hydrogen) atoms. The van der Waals surface area contributed by atoms with E-state index in [2.05, 4.69) is 20.8 Å². The maximum Gasteiger partial charge on any atom is 0.242 e. The largest absolute Gasteiger partial charge is 0.300 e. The first-order chi connectivity index (χ1) is 9.20. The number of imide groups is 1. The highest BCUT2D eigenvalue weighted by molar-refractivity contribution is 8.01. The van der Waals surface area contributed by atoms with Crippen LogP contribution in [0.2, 0.25) is 0 Å². The van der Waals surface area contributed by atoms with Crippen molar-refractivity contribution in [1.82, 2.24) is 4.90 Å². The van der Waals surface area contributed by atoms with Crippen molar-refractivity contribution in [1.29, 1.82) is 0 Å². The van der Waals surface area contributed by atoms with Gasteiger partial charge in [0.2, 0.25) is 11.8 Å². The van der Waals surface area contributed by atoms with Crippen LogP contribution in [-0.4, -0.2) is 39.0 Å². The minimum Gasteiger partial charge on any atom is -0.300 e. The lowest BCUT2D eigenvalue weighted by Crippen LogP contribution is -2.33. The molecule has 2 amide bonds. The molecule has 1 rings (SSSR count). The van der Waals surface area contributed by atoms with Crippen molar-refractivity contribution in [3.63, 3.8) is 0 Å². The van der Waals surface area contributed by atoms with Gasteiger partial charge in [0.1, 0.15) is 5.78 Å². The van der Waals surface area contributed by atoms with Gasteiger partial charge in [-0.2, -0.15) is 0 Å². The summed E-state index contributed by atoms with van der Waals surface area (Å²) in [5.41, 5.74) is 0. The van der Waals surface area contributed by atoms with Gasteiger partial charge < -0.3 is 4.79 Å². The Bertz CT molecular complexity index is 387. The number of amides is 2. The van der Waals surface area contributed by atoms with Crippen molar-refractivity contribution in [2.45, 2.75) is 69.8 Å². The molecule has 0 aromatic heterocycles. The van der Waals surface area contributed by atoms with Crippen LogP contribution in [-0.2, 0) is 14.4 Å². The maximum absolute atomic E-state index is 12.2. The summed E-state index contributed by atoms with van der Waals surface area (Å²) in [6.45, 7) is 8.25. The fraction of sp³-hybridized carbons (Fsp3) is 0.800.